The van der Waals surface area contributed by atoms with Gasteiger partial charge in [0, 0.05) is 0 Å². The molecular formula is C18H9F3N4O2. The second kappa shape index (κ2) is 6.39. The van der Waals surface area contributed by atoms with Gasteiger partial charge in [-0.05, 0) is 30.3 Å². The lowest BCUT2D eigenvalue weighted by atomic mass is 10.0. The summed E-state index contributed by atoms with van der Waals surface area (Å²) >= 11 is 0. The molecule has 0 aliphatic carbocycles. The van der Waals surface area contributed by atoms with Crippen LogP contribution in [0.4, 0.5) is 19.0 Å². The van der Waals surface area contributed by atoms with Gasteiger partial charge in [0.05, 0.1) is 23.1 Å². The van der Waals surface area contributed by atoms with Crippen LogP contribution in [-0.4, -0.2) is 4.57 Å². The molecule has 0 aliphatic rings. The number of nitriles is 2. The van der Waals surface area contributed by atoms with E-state index in [2.05, 4.69) is 0 Å². The molecule has 0 unspecified atom stereocenters. The minimum Gasteiger partial charge on any atom is -0.464 e. The van der Waals surface area contributed by atoms with Crippen LogP contribution in [0.25, 0.3) is 17.0 Å². The standard InChI is InChI=1S/C18H9F3N4O2/c19-18(20,21)10-3-1-4-11(7-10)25-16(24)12(8-22)15(13(9-23)17(25)26)14-5-2-6-27-14/h1-7H,24H2. The number of rotatable bonds is 2. The van der Waals surface area contributed by atoms with Crippen molar-refractivity contribution in [3.63, 3.8) is 0 Å². The number of alkyl halides is 3. The van der Waals surface area contributed by atoms with Crippen molar-refractivity contribution in [1.82, 2.24) is 4.57 Å². The monoisotopic (exact) mass is 370 g/mol. The second-order valence-electron chi connectivity index (χ2n) is 5.40. The van der Waals surface area contributed by atoms with Gasteiger partial charge in [0.1, 0.15) is 34.8 Å². The lowest BCUT2D eigenvalue weighted by molar-refractivity contribution is -0.137. The van der Waals surface area contributed by atoms with Gasteiger partial charge < -0.3 is 10.2 Å². The number of halogens is 3. The topological polar surface area (TPSA) is 109 Å². The summed E-state index contributed by atoms with van der Waals surface area (Å²) in [7, 11) is 0. The van der Waals surface area contributed by atoms with Crippen molar-refractivity contribution in [3.05, 3.63) is 69.7 Å². The van der Waals surface area contributed by atoms with Crippen LogP contribution in [0.15, 0.2) is 51.9 Å². The molecule has 0 saturated heterocycles. The molecule has 9 heteroatoms. The molecule has 3 rings (SSSR count). The molecule has 0 fully saturated rings. The van der Waals surface area contributed by atoms with E-state index in [1.54, 1.807) is 12.1 Å². The summed E-state index contributed by atoms with van der Waals surface area (Å²) in [5, 5.41) is 18.9. The third-order valence-corrected chi connectivity index (χ3v) is 3.84. The van der Waals surface area contributed by atoms with E-state index in [1.807, 2.05) is 0 Å². The highest BCUT2D eigenvalue weighted by molar-refractivity contribution is 5.78. The summed E-state index contributed by atoms with van der Waals surface area (Å²) < 4.78 is 44.8. The van der Waals surface area contributed by atoms with Crippen LogP contribution in [-0.2, 0) is 6.18 Å². The smallest absolute Gasteiger partial charge is 0.416 e. The molecule has 0 radical (unpaired) electrons. The van der Waals surface area contributed by atoms with Gasteiger partial charge in [0.15, 0.2) is 0 Å². The van der Waals surface area contributed by atoms with Crippen molar-refractivity contribution in [3.8, 4) is 29.1 Å². The quantitative estimate of drug-likeness (QED) is 0.743. The Morgan fingerprint density at radius 2 is 1.78 bits per heavy atom. The highest BCUT2D eigenvalue weighted by atomic mass is 19.4. The molecule has 1 aromatic carbocycles. The van der Waals surface area contributed by atoms with Crippen LogP contribution in [0.2, 0.25) is 0 Å². The number of nitrogens with two attached hydrogens (primary N) is 1. The number of furan rings is 1. The number of aromatic nitrogens is 1. The van der Waals surface area contributed by atoms with Crippen molar-refractivity contribution >= 4 is 5.82 Å². The molecule has 0 saturated carbocycles. The third kappa shape index (κ3) is 2.92. The number of benzene rings is 1. The van der Waals surface area contributed by atoms with Crippen LogP contribution >= 0.6 is 0 Å². The van der Waals surface area contributed by atoms with Gasteiger partial charge in [-0.1, -0.05) is 6.07 Å². The fourth-order valence-electron chi connectivity index (χ4n) is 2.65. The molecule has 27 heavy (non-hydrogen) atoms. The first kappa shape index (κ1) is 17.8. The lowest BCUT2D eigenvalue weighted by Gasteiger charge is -2.16. The fraction of sp³-hybridized carbons (Fsp3) is 0.0556. The van der Waals surface area contributed by atoms with Gasteiger partial charge in [-0.3, -0.25) is 9.36 Å². The third-order valence-electron chi connectivity index (χ3n) is 3.84. The number of hydrogen-bond donors (Lipinski definition) is 1. The van der Waals surface area contributed by atoms with E-state index in [0.29, 0.717) is 10.6 Å². The van der Waals surface area contributed by atoms with Crippen molar-refractivity contribution in [2.24, 2.45) is 0 Å². The average Bonchev–Trinajstić information content (AvgIpc) is 3.15. The molecule has 0 aliphatic heterocycles. The van der Waals surface area contributed by atoms with Crippen molar-refractivity contribution in [1.29, 1.82) is 10.5 Å². The molecule has 6 nitrogen and oxygen atoms in total. The average molecular weight is 370 g/mol. The number of hydrogen-bond acceptors (Lipinski definition) is 5. The highest BCUT2D eigenvalue weighted by Crippen LogP contribution is 2.33. The molecule has 134 valence electrons. The first-order valence-electron chi connectivity index (χ1n) is 7.39. The Hall–Kier alpha value is -3.98. The first-order chi connectivity index (χ1) is 12.8. The van der Waals surface area contributed by atoms with E-state index >= 15 is 0 Å². The Morgan fingerprint density at radius 1 is 1.07 bits per heavy atom. The molecule has 2 heterocycles. The Kier molecular flexibility index (Phi) is 4.22. The Morgan fingerprint density at radius 3 is 2.33 bits per heavy atom. The van der Waals surface area contributed by atoms with Crippen molar-refractivity contribution < 1.29 is 17.6 Å². The van der Waals surface area contributed by atoms with Gasteiger partial charge in [-0.25, -0.2) is 0 Å². The summed E-state index contributed by atoms with van der Waals surface area (Å²) in [4.78, 5) is 12.8. The summed E-state index contributed by atoms with van der Waals surface area (Å²) in [5.74, 6) is -0.324. The van der Waals surface area contributed by atoms with E-state index in [-0.39, 0.29) is 22.6 Å². The molecule has 0 amide bonds. The second-order valence-corrected chi connectivity index (χ2v) is 5.40. The predicted molar refractivity (Wildman–Crippen MR) is 88.6 cm³/mol. The van der Waals surface area contributed by atoms with Crippen LogP contribution in [0.1, 0.15) is 16.7 Å². The summed E-state index contributed by atoms with van der Waals surface area (Å²) in [6, 6.07) is 10.3. The van der Waals surface area contributed by atoms with Crippen LogP contribution in [0.5, 0.6) is 0 Å². The largest absolute Gasteiger partial charge is 0.464 e. The van der Waals surface area contributed by atoms with Gasteiger partial charge in [-0.2, -0.15) is 23.7 Å². The maximum Gasteiger partial charge on any atom is 0.416 e. The van der Waals surface area contributed by atoms with Gasteiger partial charge >= 0.3 is 6.18 Å². The number of anilines is 1. The van der Waals surface area contributed by atoms with Gasteiger partial charge in [0.2, 0.25) is 0 Å². The van der Waals surface area contributed by atoms with Gasteiger partial charge in [0.25, 0.3) is 5.56 Å². The minimum absolute atomic E-state index is 0.0723. The Balaban J connectivity index is 2.40. The summed E-state index contributed by atoms with van der Waals surface area (Å²) in [6.07, 6.45) is -3.36. The molecular weight excluding hydrogens is 361 g/mol. The minimum atomic E-state index is -4.64. The van der Waals surface area contributed by atoms with Crippen LogP contribution < -0.4 is 11.3 Å². The molecule has 0 bridgehead atoms. The number of nitrogens with zero attached hydrogens (tertiary/aromatic N) is 3. The highest BCUT2D eigenvalue weighted by Gasteiger charge is 2.31. The van der Waals surface area contributed by atoms with E-state index in [9.17, 15) is 28.5 Å². The maximum absolute atomic E-state index is 13.0. The fourth-order valence-corrected chi connectivity index (χ4v) is 2.65. The van der Waals surface area contributed by atoms with Crippen molar-refractivity contribution in [2.75, 3.05) is 5.73 Å². The molecule has 2 N–H and O–H groups in total. The molecule has 3 aromatic rings. The SMILES string of the molecule is N#Cc1c(-c2ccco2)c(C#N)c(=O)n(-c2cccc(C(F)(F)F)c2)c1N. The normalized spacial score (nSPS) is 11.0. The Labute approximate surface area is 150 Å². The zero-order valence-electron chi connectivity index (χ0n) is 13.4. The zero-order chi connectivity index (χ0) is 19.8. The molecule has 0 spiro atoms. The van der Waals surface area contributed by atoms with Crippen LogP contribution in [0.3, 0.4) is 0 Å². The van der Waals surface area contributed by atoms with E-state index in [0.717, 1.165) is 12.1 Å². The lowest BCUT2D eigenvalue weighted by Crippen LogP contribution is -2.26. The molecule has 2 aromatic heterocycles. The zero-order valence-corrected chi connectivity index (χ0v) is 13.4. The van der Waals surface area contributed by atoms with E-state index in [1.165, 1.54) is 24.5 Å². The predicted octanol–water partition coefficient (Wildman–Crippen LogP) is 3.44. The molecule has 0 atom stereocenters. The first-order valence-corrected chi connectivity index (χ1v) is 7.39. The van der Waals surface area contributed by atoms with Crippen LogP contribution in [0, 0.1) is 22.7 Å². The summed E-state index contributed by atoms with van der Waals surface area (Å²) in [6.45, 7) is 0. The van der Waals surface area contributed by atoms with E-state index in [4.69, 9.17) is 10.2 Å². The maximum atomic E-state index is 13.0. The number of pyridine rings is 1. The summed E-state index contributed by atoms with van der Waals surface area (Å²) in [5.41, 5.74) is 2.93. The van der Waals surface area contributed by atoms with Crippen molar-refractivity contribution in [2.45, 2.75) is 6.18 Å². The van der Waals surface area contributed by atoms with Gasteiger partial charge in [-0.15, -0.1) is 0 Å². The van der Waals surface area contributed by atoms with E-state index < -0.39 is 28.7 Å². The Bertz CT molecular complexity index is 1160. The number of nitrogen functional groups attached to an aromatic ring is 1.